The van der Waals surface area contributed by atoms with Crippen LogP contribution in [0.25, 0.3) is 0 Å². The van der Waals surface area contributed by atoms with E-state index >= 15 is 0 Å². The molecule has 1 fully saturated rings. The minimum atomic E-state index is -3.70. The third kappa shape index (κ3) is 5.02. The van der Waals surface area contributed by atoms with Crippen molar-refractivity contribution in [1.82, 2.24) is 9.62 Å². The number of amides is 2. The molecule has 1 saturated carbocycles. The Labute approximate surface area is 169 Å². The fourth-order valence-corrected chi connectivity index (χ4v) is 3.82. The first-order valence-electron chi connectivity index (χ1n) is 9.05. The fourth-order valence-electron chi connectivity index (χ4n) is 2.89. The molecule has 0 bridgehead atoms. The Bertz CT molecular complexity index is 1050. The Morgan fingerprint density at radius 1 is 1.07 bits per heavy atom. The average Bonchev–Trinajstić information content (AvgIpc) is 3.55. The van der Waals surface area contributed by atoms with E-state index in [-0.39, 0.29) is 23.4 Å². The van der Waals surface area contributed by atoms with E-state index in [2.05, 4.69) is 10.6 Å². The standard InChI is InChI=1S/C21H21N3O4S/c1-2-13-23-29(27,28)19-11-7-17(8-12-19)21(26)24(18-9-10-18)14-15-3-5-16(6-4-15)20(22)25/h1,3-8,11-12,18,23H,9-10,13-14H2,(H2,22,25). The Hall–Kier alpha value is -3.15. The van der Waals surface area contributed by atoms with Crippen LogP contribution in [0.4, 0.5) is 0 Å². The van der Waals surface area contributed by atoms with Gasteiger partial charge in [-0.15, -0.1) is 6.42 Å². The van der Waals surface area contributed by atoms with E-state index in [4.69, 9.17) is 12.2 Å². The summed E-state index contributed by atoms with van der Waals surface area (Å²) in [5.74, 6) is 1.54. The monoisotopic (exact) mass is 411 g/mol. The van der Waals surface area contributed by atoms with Gasteiger partial charge < -0.3 is 10.6 Å². The van der Waals surface area contributed by atoms with Crippen LogP contribution in [0.1, 0.15) is 39.1 Å². The number of carbonyl (C=O) groups is 2. The molecule has 1 aliphatic rings. The number of terminal acetylenes is 1. The van der Waals surface area contributed by atoms with Gasteiger partial charge in [-0.2, -0.15) is 4.72 Å². The minimum Gasteiger partial charge on any atom is -0.366 e. The summed E-state index contributed by atoms with van der Waals surface area (Å²) in [5.41, 5.74) is 6.95. The number of nitrogens with zero attached hydrogens (tertiary/aromatic N) is 1. The molecule has 2 aromatic carbocycles. The molecule has 0 aromatic heterocycles. The number of nitrogens with one attached hydrogen (secondary N) is 1. The van der Waals surface area contributed by atoms with Gasteiger partial charge in [0.15, 0.2) is 0 Å². The largest absolute Gasteiger partial charge is 0.366 e. The summed E-state index contributed by atoms with van der Waals surface area (Å²) in [6.45, 7) is 0.291. The van der Waals surface area contributed by atoms with Crippen molar-refractivity contribution in [1.29, 1.82) is 0 Å². The molecule has 0 spiro atoms. The molecule has 0 heterocycles. The molecule has 2 amide bonds. The molecule has 0 saturated heterocycles. The van der Waals surface area contributed by atoms with Crippen LogP contribution < -0.4 is 10.5 Å². The lowest BCUT2D eigenvalue weighted by atomic mass is 10.1. The Morgan fingerprint density at radius 3 is 2.17 bits per heavy atom. The summed E-state index contributed by atoms with van der Waals surface area (Å²) in [7, 11) is -3.70. The highest BCUT2D eigenvalue weighted by Crippen LogP contribution is 2.30. The van der Waals surface area contributed by atoms with E-state index in [1.807, 2.05) is 0 Å². The molecular weight excluding hydrogens is 390 g/mol. The first-order valence-corrected chi connectivity index (χ1v) is 10.5. The lowest BCUT2D eigenvalue weighted by Gasteiger charge is -2.23. The van der Waals surface area contributed by atoms with Gasteiger partial charge in [0.05, 0.1) is 11.4 Å². The maximum Gasteiger partial charge on any atom is 0.254 e. The van der Waals surface area contributed by atoms with Crippen molar-refractivity contribution in [2.24, 2.45) is 5.73 Å². The quantitative estimate of drug-likeness (QED) is 0.642. The highest BCUT2D eigenvalue weighted by atomic mass is 32.2. The lowest BCUT2D eigenvalue weighted by molar-refractivity contribution is 0.0729. The van der Waals surface area contributed by atoms with Gasteiger partial charge >= 0.3 is 0 Å². The summed E-state index contributed by atoms with van der Waals surface area (Å²) in [4.78, 5) is 26.0. The number of primary amides is 1. The number of benzene rings is 2. The number of carbonyl (C=O) groups excluding carboxylic acids is 2. The van der Waals surface area contributed by atoms with Gasteiger partial charge in [-0.1, -0.05) is 18.1 Å². The predicted molar refractivity (Wildman–Crippen MR) is 108 cm³/mol. The second-order valence-electron chi connectivity index (χ2n) is 6.78. The molecule has 29 heavy (non-hydrogen) atoms. The molecular formula is C21H21N3O4S. The predicted octanol–water partition coefficient (Wildman–Crippen LogP) is 1.50. The second-order valence-corrected chi connectivity index (χ2v) is 8.55. The normalized spacial score (nSPS) is 13.5. The number of rotatable bonds is 8. The smallest absolute Gasteiger partial charge is 0.254 e. The summed E-state index contributed by atoms with van der Waals surface area (Å²) in [6.07, 6.45) is 6.93. The molecule has 0 atom stereocenters. The molecule has 8 heteroatoms. The first kappa shape index (κ1) is 20.6. The van der Waals surface area contributed by atoms with E-state index in [1.54, 1.807) is 29.2 Å². The first-order chi connectivity index (χ1) is 13.8. The van der Waals surface area contributed by atoms with Crippen LogP contribution in [0.15, 0.2) is 53.4 Å². The van der Waals surface area contributed by atoms with Gasteiger partial charge in [0.1, 0.15) is 0 Å². The molecule has 0 aliphatic heterocycles. The maximum absolute atomic E-state index is 13.0. The number of sulfonamides is 1. The van der Waals surface area contributed by atoms with Crippen molar-refractivity contribution in [2.45, 2.75) is 30.3 Å². The van der Waals surface area contributed by atoms with Crippen molar-refractivity contribution in [3.05, 3.63) is 65.2 Å². The molecule has 7 nitrogen and oxygen atoms in total. The van der Waals surface area contributed by atoms with Gasteiger partial charge in [0, 0.05) is 23.7 Å². The molecule has 2 aromatic rings. The number of nitrogens with two attached hydrogens (primary N) is 1. The van der Waals surface area contributed by atoms with E-state index < -0.39 is 15.9 Å². The Kier molecular flexibility index (Phi) is 6.01. The Balaban J connectivity index is 1.76. The highest BCUT2D eigenvalue weighted by molar-refractivity contribution is 7.89. The van der Waals surface area contributed by atoms with E-state index in [0.29, 0.717) is 17.7 Å². The molecule has 1 aliphatic carbocycles. The van der Waals surface area contributed by atoms with Crippen LogP contribution in [-0.2, 0) is 16.6 Å². The van der Waals surface area contributed by atoms with Gasteiger partial charge in [-0.3, -0.25) is 9.59 Å². The maximum atomic E-state index is 13.0. The topological polar surface area (TPSA) is 110 Å². The minimum absolute atomic E-state index is 0.0457. The Morgan fingerprint density at radius 2 is 1.66 bits per heavy atom. The van der Waals surface area contributed by atoms with Crippen molar-refractivity contribution >= 4 is 21.8 Å². The number of hydrogen-bond donors (Lipinski definition) is 2. The van der Waals surface area contributed by atoms with E-state index in [1.165, 1.54) is 24.3 Å². The number of hydrogen-bond acceptors (Lipinski definition) is 4. The molecule has 0 radical (unpaired) electrons. The molecule has 3 rings (SSSR count). The third-order valence-electron chi connectivity index (χ3n) is 4.62. The molecule has 0 unspecified atom stereocenters. The van der Waals surface area contributed by atoms with E-state index in [0.717, 1.165) is 18.4 Å². The summed E-state index contributed by atoms with van der Waals surface area (Å²) >= 11 is 0. The van der Waals surface area contributed by atoms with Crippen LogP contribution in [0.2, 0.25) is 0 Å². The van der Waals surface area contributed by atoms with Crippen molar-refractivity contribution in [3.8, 4) is 12.3 Å². The highest BCUT2D eigenvalue weighted by Gasteiger charge is 2.33. The van der Waals surface area contributed by atoms with Crippen molar-refractivity contribution < 1.29 is 18.0 Å². The van der Waals surface area contributed by atoms with Crippen molar-refractivity contribution in [2.75, 3.05) is 6.54 Å². The second kappa shape index (κ2) is 8.47. The van der Waals surface area contributed by atoms with Crippen LogP contribution in [0.3, 0.4) is 0 Å². The van der Waals surface area contributed by atoms with Crippen molar-refractivity contribution in [3.63, 3.8) is 0 Å². The van der Waals surface area contributed by atoms with Crippen LogP contribution >= 0.6 is 0 Å². The summed E-state index contributed by atoms with van der Waals surface area (Å²) in [6, 6.07) is 12.7. The lowest BCUT2D eigenvalue weighted by Crippen LogP contribution is -2.32. The summed E-state index contributed by atoms with van der Waals surface area (Å²) in [5, 5.41) is 0. The van der Waals surface area contributed by atoms with Gasteiger partial charge in [-0.05, 0) is 54.8 Å². The zero-order chi connectivity index (χ0) is 21.0. The van der Waals surface area contributed by atoms with Crippen LogP contribution in [0.5, 0.6) is 0 Å². The average molecular weight is 411 g/mol. The van der Waals surface area contributed by atoms with Gasteiger partial charge in [-0.25, -0.2) is 8.42 Å². The molecule has 3 N–H and O–H groups in total. The van der Waals surface area contributed by atoms with Crippen LogP contribution in [-0.4, -0.2) is 37.7 Å². The molecule has 150 valence electrons. The van der Waals surface area contributed by atoms with Gasteiger partial charge in [0.2, 0.25) is 15.9 Å². The third-order valence-corrected chi connectivity index (χ3v) is 6.03. The summed E-state index contributed by atoms with van der Waals surface area (Å²) < 4.78 is 26.5. The zero-order valence-corrected chi connectivity index (χ0v) is 16.5. The fraction of sp³-hybridized carbons (Fsp3) is 0.238. The van der Waals surface area contributed by atoms with Gasteiger partial charge in [0.25, 0.3) is 5.91 Å². The SMILES string of the molecule is C#CCNS(=O)(=O)c1ccc(C(=O)N(Cc2ccc(C(N)=O)cc2)C2CC2)cc1. The zero-order valence-electron chi connectivity index (χ0n) is 15.7. The van der Waals surface area contributed by atoms with Crippen LogP contribution in [0, 0.1) is 12.3 Å². The van der Waals surface area contributed by atoms with E-state index in [9.17, 15) is 18.0 Å².